The SMILES string of the molecule is CC1NCC(C(=O)O)CN(CCN(C)C)C1=O. The molecule has 2 atom stereocenters. The van der Waals surface area contributed by atoms with Crippen LogP contribution in [0, 0.1) is 5.92 Å². The highest BCUT2D eigenvalue weighted by atomic mass is 16.4. The molecule has 17 heavy (non-hydrogen) atoms. The lowest BCUT2D eigenvalue weighted by molar-refractivity contribution is -0.142. The molecule has 6 heteroatoms. The lowest BCUT2D eigenvalue weighted by Gasteiger charge is -2.25. The van der Waals surface area contributed by atoms with Crippen molar-refractivity contribution in [3.8, 4) is 0 Å². The van der Waals surface area contributed by atoms with Crippen LogP contribution in [0.2, 0.25) is 0 Å². The minimum absolute atomic E-state index is 0.0180. The number of hydrogen-bond acceptors (Lipinski definition) is 4. The number of carboxylic acids is 1. The Bertz CT molecular complexity index is 294. The quantitative estimate of drug-likeness (QED) is 0.667. The number of likely N-dealkylation sites (N-methyl/N-ethyl adjacent to an activating group) is 1. The van der Waals surface area contributed by atoms with E-state index in [0.717, 1.165) is 6.54 Å². The summed E-state index contributed by atoms with van der Waals surface area (Å²) in [5, 5.41) is 12.0. The van der Waals surface area contributed by atoms with Crippen molar-refractivity contribution >= 4 is 11.9 Å². The molecule has 98 valence electrons. The number of nitrogens with one attached hydrogen (secondary N) is 1. The van der Waals surface area contributed by atoms with Crippen LogP contribution in [0.25, 0.3) is 0 Å². The molecule has 0 radical (unpaired) electrons. The Hall–Kier alpha value is -1.14. The molecule has 0 aromatic rings. The smallest absolute Gasteiger partial charge is 0.309 e. The van der Waals surface area contributed by atoms with Gasteiger partial charge in [-0.1, -0.05) is 0 Å². The van der Waals surface area contributed by atoms with Gasteiger partial charge in [-0.3, -0.25) is 9.59 Å². The van der Waals surface area contributed by atoms with Gasteiger partial charge in [0.25, 0.3) is 0 Å². The second-order valence-corrected chi connectivity index (χ2v) is 4.75. The van der Waals surface area contributed by atoms with Crippen molar-refractivity contribution in [1.29, 1.82) is 0 Å². The fourth-order valence-corrected chi connectivity index (χ4v) is 1.79. The largest absolute Gasteiger partial charge is 0.481 e. The van der Waals surface area contributed by atoms with Gasteiger partial charge in [-0.25, -0.2) is 0 Å². The van der Waals surface area contributed by atoms with E-state index in [-0.39, 0.29) is 11.9 Å². The van der Waals surface area contributed by atoms with E-state index >= 15 is 0 Å². The number of nitrogens with zero attached hydrogens (tertiary/aromatic N) is 2. The van der Waals surface area contributed by atoms with E-state index in [0.29, 0.717) is 19.6 Å². The standard InChI is InChI=1S/C11H21N3O3/c1-8-10(15)14(5-4-13(2)3)7-9(6-12-8)11(16)17/h8-9,12H,4-7H2,1-3H3,(H,16,17). The van der Waals surface area contributed by atoms with Crippen LogP contribution < -0.4 is 5.32 Å². The summed E-state index contributed by atoms with van der Waals surface area (Å²) in [6.45, 7) is 3.72. The molecule has 1 saturated heterocycles. The zero-order valence-corrected chi connectivity index (χ0v) is 10.6. The number of hydrogen-bond donors (Lipinski definition) is 2. The maximum Gasteiger partial charge on any atom is 0.309 e. The van der Waals surface area contributed by atoms with Gasteiger partial charge in [0.15, 0.2) is 0 Å². The van der Waals surface area contributed by atoms with Gasteiger partial charge in [0.05, 0.1) is 12.0 Å². The van der Waals surface area contributed by atoms with Gasteiger partial charge in [0.2, 0.25) is 5.91 Å². The lowest BCUT2D eigenvalue weighted by atomic mass is 10.1. The fourth-order valence-electron chi connectivity index (χ4n) is 1.79. The Kier molecular flexibility index (Phi) is 4.89. The first-order chi connectivity index (χ1) is 7.91. The highest BCUT2D eigenvalue weighted by molar-refractivity contribution is 5.83. The molecule has 0 saturated carbocycles. The van der Waals surface area contributed by atoms with Crippen molar-refractivity contribution in [2.75, 3.05) is 40.3 Å². The Morgan fingerprint density at radius 3 is 2.76 bits per heavy atom. The van der Waals surface area contributed by atoms with Crippen molar-refractivity contribution < 1.29 is 14.7 Å². The number of carbonyl (C=O) groups is 2. The fraction of sp³-hybridized carbons (Fsp3) is 0.818. The molecule has 0 aromatic heterocycles. The van der Waals surface area contributed by atoms with Gasteiger partial charge < -0.3 is 20.2 Å². The molecule has 0 spiro atoms. The van der Waals surface area contributed by atoms with Crippen molar-refractivity contribution in [1.82, 2.24) is 15.1 Å². The zero-order chi connectivity index (χ0) is 13.0. The molecule has 1 fully saturated rings. The van der Waals surface area contributed by atoms with Crippen molar-refractivity contribution in [2.45, 2.75) is 13.0 Å². The highest BCUT2D eigenvalue weighted by Crippen LogP contribution is 2.08. The number of carboxylic acid groups (broad SMARTS) is 1. The molecule has 2 N–H and O–H groups in total. The molecule has 1 heterocycles. The van der Waals surface area contributed by atoms with Crippen LogP contribution in [0.3, 0.4) is 0 Å². The molecular weight excluding hydrogens is 222 g/mol. The molecule has 0 bridgehead atoms. The zero-order valence-electron chi connectivity index (χ0n) is 10.6. The normalized spacial score (nSPS) is 26.1. The number of aliphatic carboxylic acids is 1. The minimum Gasteiger partial charge on any atom is -0.481 e. The molecular formula is C11H21N3O3. The Morgan fingerprint density at radius 1 is 1.59 bits per heavy atom. The van der Waals surface area contributed by atoms with Gasteiger partial charge in [0, 0.05) is 26.2 Å². The van der Waals surface area contributed by atoms with Crippen LogP contribution in [-0.2, 0) is 9.59 Å². The van der Waals surface area contributed by atoms with Crippen LogP contribution in [0.5, 0.6) is 0 Å². The van der Waals surface area contributed by atoms with E-state index in [1.807, 2.05) is 19.0 Å². The van der Waals surface area contributed by atoms with Crippen LogP contribution in [0.1, 0.15) is 6.92 Å². The topological polar surface area (TPSA) is 72.9 Å². The monoisotopic (exact) mass is 243 g/mol. The molecule has 1 rings (SSSR count). The van der Waals surface area contributed by atoms with Crippen LogP contribution in [0.15, 0.2) is 0 Å². The Balaban J connectivity index is 2.68. The van der Waals surface area contributed by atoms with Gasteiger partial charge in [0.1, 0.15) is 0 Å². The second kappa shape index (κ2) is 5.97. The summed E-state index contributed by atoms with van der Waals surface area (Å²) in [5.41, 5.74) is 0. The second-order valence-electron chi connectivity index (χ2n) is 4.75. The van der Waals surface area contributed by atoms with Crippen LogP contribution >= 0.6 is 0 Å². The predicted octanol–water partition coefficient (Wildman–Crippen LogP) is -0.931. The van der Waals surface area contributed by atoms with Crippen LogP contribution in [-0.4, -0.2) is 73.1 Å². The van der Waals surface area contributed by atoms with Crippen molar-refractivity contribution in [2.24, 2.45) is 5.92 Å². The van der Waals surface area contributed by atoms with E-state index in [1.165, 1.54) is 0 Å². The molecule has 1 aliphatic rings. The molecule has 6 nitrogen and oxygen atoms in total. The summed E-state index contributed by atoms with van der Waals surface area (Å²) in [7, 11) is 3.86. The highest BCUT2D eigenvalue weighted by Gasteiger charge is 2.30. The van der Waals surface area contributed by atoms with Crippen molar-refractivity contribution in [3.05, 3.63) is 0 Å². The van der Waals surface area contributed by atoms with Gasteiger partial charge >= 0.3 is 5.97 Å². The lowest BCUT2D eigenvalue weighted by Crippen LogP contribution is -2.44. The van der Waals surface area contributed by atoms with E-state index < -0.39 is 11.9 Å². The van der Waals surface area contributed by atoms with Gasteiger partial charge in [-0.2, -0.15) is 0 Å². The summed E-state index contributed by atoms with van der Waals surface area (Å²) in [4.78, 5) is 26.6. The van der Waals surface area contributed by atoms with E-state index in [4.69, 9.17) is 5.11 Å². The third-order valence-electron chi connectivity index (χ3n) is 2.96. The van der Waals surface area contributed by atoms with E-state index in [9.17, 15) is 9.59 Å². The maximum atomic E-state index is 12.0. The molecule has 0 aliphatic carbocycles. The van der Waals surface area contributed by atoms with Crippen LogP contribution in [0.4, 0.5) is 0 Å². The average Bonchev–Trinajstić information content (AvgIpc) is 2.38. The number of carbonyl (C=O) groups excluding carboxylic acids is 1. The van der Waals surface area contributed by atoms with Gasteiger partial charge in [-0.05, 0) is 21.0 Å². The average molecular weight is 243 g/mol. The first-order valence-corrected chi connectivity index (χ1v) is 5.81. The predicted molar refractivity (Wildman–Crippen MR) is 63.7 cm³/mol. The molecule has 2 unspecified atom stereocenters. The first kappa shape index (κ1) is 13.9. The van der Waals surface area contributed by atoms with Crippen molar-refractivity contribution in [3.63, 3.8) is 0 Å². The maximum absolute atomic E-state index is 12.0. The van der Waals surface area contributed by atoms with Gasteiger partial charge in [-0.15, -0.1) is 0 Å². The summed E-state index contributed by atoms with van der Waals surface area (Å²) >= 11 is 0. The Morgan fingerprint density at radius 2 is 2.24 bits per heavy atom. The summed E-state index contributed by atoms with van der Waals surface area (Å²) < 4.78 is 0. The Labute approximate surface area is 102 Å². The summed E-state index contributed by atoms with van der Waals surface area (Å²) in [6, 6.07) is -0.304. The summed E-state index contributed by atoms with van der Waals surface area (Å²) in [5.74, 6) is -1.39. The van der Waals surface area contributed by atoms with E-state index in [1.54, 1.807) is 11.8 Å². The summed E-state index contributed by atoms with van der Waals surface area (Å²) in [6.07, 6.45) is 0. The minimum atomic E-state index is -0.853. The van der Waals surface area contributed by atoms with E-state index in [2.05, 4.69) is 5.32 Å². The number of rotatable bonds is 4. The number of amides is 1. The molecule has 1 amide bonds. The third kappa shape index (κ3) is 3.98. The first-order valence-electron chi connectivity index (χ1n) is 5.81. The molecule has 1 aliphatic heterocycles. The third-order valence-corrected chi connectivity index (χ3v) is 2.96. The molecule has 0 aromatic carbocycles.